The number of hydrogen-bond donors (Lipinski definition) is 0. The van der Waals surface area contributed by atoms with Crippen molar-refractivity contribution < 1.29 is 28.6 Å². The molecule has 0 saturated carbocycles. The first-order valence-electron chi connectivity index (χ1n) is 26.2. The number of carbonyl (C=O) groups excluding carboxylic acids is 3. The maximum Gasteiger partial charge on any atom is 0.306 e. The summed E-state index contributed by atoms with van der Waals surface area (Å²) in [5, 5.41) is 0. The third kappa shape index (κ3) is 49.3. The van der Waals surface area contributed by atoms with Gasteiger partial charge in [0.2, 0.25) is 0 Å². The molecule has 64 heavy (non-hydrogen) atoms. The van der Waals surface area contributed by atoms with Gasteiger partial charge in [-0.2, -0.15) is 0 Å². The maximum atomic E-state index is 12.8. The molecule has 0 spiro atoms. The van der Waals surface area contributed by atoms with Gasteiger partial charge >= 0.3 is 17.9 Å². The van der Waals surface area contributed by atoms with E-state index in [0.717, 1.165) is 116 Å². The summed E-state index contributed by atoms with van der Waals surface area (Å²) < 4.78 is 16.7. The van der Waals surface area contributed by atoms with Crippen LogP contribution < -0.4 is 0 Å². The standard InChI is InChI=1S/C58H96O6/c1-4-7-10-13-16-19-22-25-28-29-31-33-36-39-42-45-48-51-57(60)63-54-55(53-62-56(59)50-47-44-41-38-35-32-27-24-21-18-15-12-9-6-3)64-58(61)52-49-46-43-40-37-34-30-26-23-20-17-14-11-8-5-2/h7,10,16-17,19-20,24-28,30-31,33,39,42,55H,4-6,8-9,11-15,18,21-23,29,32,34-38,40-41,43-54H2,1-3H3/b10-7-,19-16-,20-17-,27-24-,28-25-,30-26-,33-31-,42-39-. The molecule has 0 N–H and O–H groups in total. The molecule has 0 aromatic rings. The first kappa shape index (κ1) is 60.3. The SMILES string of the molecule is CC/C=C\C/C=C\C/C=C\C/C=C\C/C=C\CCCC(=O)OCC(COC(=O)CCCCCCC/C=C\CCCCCCC)OC(=O)CCCCCCC/C=C\C/C=C\CCCCC. The van der Waals surface area contributed by atoms with Gasteiger partial charge in [-0.05, 0) is 116 Å². The molecule has 0 aromatic heterocycles. The highest BCUT2D eigenvalue weighted by molar-refractivity contribution is 5.71. The molecule has 364 valence electrons. The van der Waals surface area contributed by atoms with Crippen LogP contribution in [0, 0.1) is 0 Å². The van der Waals surface area contributed by atoms with Crippen LogP contribution >= 0.6 is 0 Å². The molecule has 0 aliphatic rings. The summed E-state index contributed by atoms with van der Waals surface area (Å²) in [5.41, 5.74) is 0. The molecule has 0 aliphatic heterocycles. The minimum atomic E-state index is -0.811. The quantitative estimate of drug-likeness (QED) is 0.0262. The Hall–Kier alpha value is -3.67. The molecule has 1 unspecified atom stereocenters. The molecule has 0 saturated heterocycles. The first-order chi connectivity index (χ1) is 31.5. The summed E-state index contributed by atoms with van der Waals surface area (Å²) in [7, 11) is 0. The Kier molecular flexibility index (Phi) is 49.0. The average molecular weight is 889 g/mol. The van der Waals surface area contributed by atoms with Crippen LogP contribution in [0.1, 0.15) is 233 Å². The highest BCUT2D eigenvalue weighted by Crippen LogP contribution is 2.13. The predicted molar refractivity (Wildman–Crippen MR) is 274 cm³/mol. The van der Waals surface area contributed by atoms with E-state index in [1.807, 2.05) is 0 Å². The van der Waals surface area contributed by atoms with E-state index in [-0.39, 0.29) is 37.5 Å². The van der Waals surface area contributed by atoms with E-state index in [9.17, 15) is 14.4 Å². The minimum Gasteiger partial charge on any atom is -0.462 e. The molecular formula is C58H96O6. The van der Waals surface area contributed by atoms with Gasteiger partial charge in [-0.25, -0.2) is 0 Å². The Balaban J connectivity index is 4.52. The Labute approximate surface area is 394 Å². The lowest BCUT2D eigenvalue weighted by molar-refractivity contribution is -0.167. The molecule has 0 rings (SSSR count). The van der Waals surface area contributed by atoms with Gasteiger partial charge in [0.05, 0.1) is 0 Å². The third-order valence-corrected chi connectivity index (χ3v) is 10.8. The third-order valence-electron chi connectivity index (χ3n) is 10.8. The molecular weight excluding hydrogens is 793 g/mol. The Morgan fingerprint density at radius 1 is 0.328 bits per heavy atom. The lowest BCUT2D eigenvalue weighted by Gasteiger charge is -2.18. The summed E-state index contributed by atoms with van der Waals surface area (Å²) in [6.07, 6.45) is 68.2. The van der Waals surface area contributed by atoms with E-state index >= 15 is 0 Å². The van der Waals surface area contributed by atoms with Crippen LogP contribution in [-0.2, 0) is 28.6 Å². The monoisotopic (exact) mass is 889 g/mol. The predicted octanol–water partition coefficient (Wildman–Crippen LogP) is 17.4. The average Bonchev–Trinajstić information content (AvgIpc) is 3.29. The first-order valence-corrected chi connectivity index (χ1v) is 26.2. The zero-order valence-electron chi connectivity index (χ0n) is 41.5. The molecule has 6 heteroatoms. The summed E-state index contributed by atoms with van der Waals surface area (Å²) in [5.74, 6) is -0.991. The van der Waals surface area contributed by atoms with Crippen molar-refractivity contribution >= 4 is 17.9 Å². The highest BCUT2D eigenvalue weighted by atomic mass is 16.6. The van der Waals surface area contributed by atoms with E-state index in [1.165, 1.54) is 70.6 Å². The molecule has 0 heterocycles. The molecule has 6 nitrogen and oxygen atoms in total. The zero-order chi connectivity index (χ0) is 46.5. The molecule has 0 fully saturated rings. The largest absolute Gasteiger partial charge is 0.462 e. The highest BCUT2D eigenvalue weighted by Gasteiger charge is 2.19. The molecule has 1 atom stereocenters. The van der Waals surface area contributed by atoms with Crippen LogP contribution in [0.4, 0.5) is 0 Å². The van der Waals surface area contributed by atoms with Gasteiger partial charge in [0.15, 0.2) is 6.10 Å². The van der Waals surface area contributed by atoms with Crippen LogP contribution in [0.15, 0.2) is 97.2 Å². The second-order valence-corrected chi connectivity index (χ2v) is 17.0. The van der Waals surface area contributed by atoms with Crippen molar-refractivity contribution in [2.45, 2.75) is 239 Å². The van der Waals surface area contributed by atoms with Gasteiger partial charge in [0.1, 0.15) is 13.2 Å². The van der Waals surface area contributed by atoms with E-state index in [4.69, 9.17) is 14.2 Å². The van der Waals surface area contributed by atoms with Crippen LogP contribution in [-0.4, -0.2) is 37.2 Å². The van der Waals surface area contributed by atoms with Gasteiger partial charge in [0.25, 0.3) is 0 Å². The fourth-order valence-corrected chi connectivity index (χ4v) is 6.85. The summed E-state index contributed by atoms with van der Waals surface area (Å²) >= 11 is 0. The van der Waals surface area contributed by atoms with Crippen LogP contribution in [0.25, 0.3) is 0 Å². The summed E-state index contributed by atoms with van der Waals surface area (Å²) in [4.78, 5) is 38.0. The number of esters is 3. The number of hydrogen-bond acceptors (Lipinski definition) is 6. The van der Waals surface area contributed by atoms with Gasteiger partial charge < -0.3 is 14.2 Å². The van der Waals surface area contributed by atoms with Crippen LogP contribution in [0.5, 0.6) is 0 Å². The number of rotatable bonds is 46. The smallest absolute Gasteiger partial charge is 0.306 e. The number of carbonyl (C=O) groups is 3. The van der Waals surface area contributed by atoms with Gasteiger partial charge in [-0.15, -0.1) is 0 Å². The lowest BCUT2D eigenvalue weighted by Crippen LogP contribution is -2.30. The summed E-state index contributed by atoms with van der Waals surface area (Å²) in [6.45, 7) is 6.41. The second-order valence-electron chi connectivity index (χ2n) is 17.0. The maximum absolute atomic E-state index is 12.8. The minimum absolute atomic E-state index is 0.106. The lowest BCUT2D eigenvalue weighted by atomic mass is 10.1. The van der Waals surface area contributed by atoms with Gasteiger partial charge in [0, 0.05) is 19.3 Å². The fraction of sp³-hybridized carbons (Fsp3) is 0.672. The van der Waals surface area contributed by atoms with Crippen molar-refractivity contribution in [3.8, 4) is 0 Å². The molecule has 0 amide bonds. The van der Waals surface area contributed by atoms with E-state index < -0.39 is 6.10 Å². The second kappa shape index (κ2) is 52.0. The topological polar surface area (TPSA) is 78.9 Å². The van der Waals surface area contributed by atoms with Crippen molar-refractivity contribution in [2.24, 2.45) is 0 Å². The Morgan fingerprint density at radius 3 is 1.06 bits per heavy atom. The van der Waals surface area contributed by atoms with Crippen molar-refractivity contribution in [1.82, 2.24) is 0 Å². The Morgan fingerprint density at radius 2 is 0.625 bits per heavy atom. The number of allylic oxidation sites excluding steroid dienone is 16. The normalized spacial score (nSPS) is 12.9. The van der Waals surface area contributed by atoms with E-state index in [1.54, 1.807) is 0 Å². The van der Waals surface area contributed by atoms with Gasteiger partial charge in [-0.1, -0.05) is 195 Å². The van der Waals surface area contributed by atoms with Crippen molar-refractivity contribution in [2.75, 3.05) is 13.2 Å². The molecule has 0 bridgehead atoms. The van der Waals surface area contributed by atoms with Gasteiger partial charge in [-0.3, -0.25) is 14.4 Å². The van der Waals surface area contributed by atoms with Crippen LogP contribution in [0.2, 0.25) is 0 Å². The number of ether oxygens (including phenoxy) is 3. The van der Waals surface area contributed by atoms with Crippen LogP contribution in [0.3, 0.4) is 0 Å². The van der Waals surface area contributed by atoms with Crippen molar-refractivity contribution in [3.63, 3.8) is 0 Å². The molecule has 0 aromatic carbocycles. The van der Waals surface area contributed by atoms with E-state index in [2.05, 4.69) is 118 Å². The van der Waals surface area contributed by atoms with E-state index in [0.29, 0.717) is 19.3 Å². The Bertz CT molecular complexity index is 1300. The number of unbranched alkanes of at least 4 members (excludes halogenated alkanes) is 19. The molecule has 0 aliphatic carbocycles. The van der Waals surface area contributed by atoms with Crippen molar-refractivity contribution in [3.05, 3.63) is 97.2 Å². The summed E-state index contributed by atoms with van der Waals surface area (Å²) in [6, 6.07) is 0. The fourth-order valence-electron chi connectivity index (χ4n) is 6.85. The molecule has 0 radical (unpaired) electrons. The zero-order valence-corrected chi connectivity index (χ0v) is 41.5. The van der Waals surface area contributed by atoms with Crippen molar-refractivity contribution in [1.29, 1.82) is 0 Å².